The Morgan fingerprint density at radius 1 is 1.14 bits per heavy atom. The third kappa shape index (κ3) is 11.7. The predicted octanol–water partition coefficient (Wildman–Crippen LogP) is 2.81. The van der Waals surface area contributed by atoms with Crippen molar-refractivity contribution in [3.63, 3.8) is 0 Å². The van der Waals surface area contributed by atoms with E-state index in [2.05, 4.69) is 35.4 Å². The number of methoxy groups -OCH3 is 1. The van der Waals surface area contributed by atoms with Crippen LogP contribution in [-0.2, 0) is 51.0 Å². The first-order chi connectivity index (χ1) is 27.8. The minimum absolute atomic E-state index is 0.0249. The first-order valence-electron chi connectivity index (χ1n) is 18.3. The Bertz CT molecular complexity index is 2130. The van der Waals surface area contributed by atoms with Gasteiger partial charge in [-0.1, -0.05) is 5.16 Å². The maximum absolute atomic E-state index is 13.9. The second-order valence-corrected chi connectivity index (χ2v) is 18.3. The minimum atomic E-state index is -1.64. The van der Waals surface area contributed by atoms with Gasteiger partial charge in [-0.05, 0) is 72.2 Å². The highest BCUT2D eigenvalue weighted by Gasteiger charge is 2.55. The van der Waals surface area contributed by atoms with E-state index in [9.17, 15) is 24.0 Å². The van der Waals surface area contributed by atoms with Gasteiger partial charge in [0.15, 0.2) is 7.57 Å². The molecule has 0 spiro atoms. The summed E-state index contributed by atoms with van der Waals surface area (Å²) >= 11 is 2.13. The molecule has 4 amide bonds. The van der Waals surface area contributed by atoms with E-state index < -0.39 is 66.7 Å². The topological polar surface area (TPSA) is 231 Å². The molecule has 3 aromatic rings. The zero-order valence-electron chi connectivity index (χ0n) is 34.1. The largest absolute Gasteiger partial charge is 0.452 e. The summed E-state index contributed by atoms with van der Waals surface area (Å²) in [6.07, 6.45) is 2.10. The number of ether oxygens (including phenoxy) is 3. The van der Waals surface area contributed by atoms with E-state index in [0.29, 0.717) is 17.8 Å². The highest BCUT2D eigenvalue weighted by atomic mass is 32.2. The van der Waals surface area contributed by atoms with Crippen molar-refractivity contribution in [2.24, 2.45) is 5.16 Å². The molecule has 4 atom stereocenters. The molecule has 316 valence electrons. The van der Waals surface area contributed by atoms with E-state index in [4.69, 9.17) is 31.1 Å². The lowest BCUT2D eigenvalue weighted by Gasteiger charge is -2.49. The Labute approximate surface area is 351 Å². The minimum Gasteiger partial charge on any atom is -0.452 e. The molecule has 59 heavy (non-hydrogen) atoms. The van der Waals surface area contributed by atoms with Gasteiger partial charge in [-0.3, -0.25) is 19.8 Å². The van der Waals surface area contributed by atoms with Crippen LogP contribution in [0.5, 0.6) is 0 Å². The number of hydrogen-bond acceptors (Lipinski definition) is 16. The van der Waals surface area contributed by atoms with Crippen molar-refractivity contribution in [1.29, 1.82) is 0 Å². The number of carbonyl (C=O) groups excluding carboxylic acids is 5. The summed E-state index contributed by atoms with van der Waals surface area (Å²) < 4.78 is 29.4. The first-order valence-corrected chi connectivity index (χ1v) is 21.9. The number of carbonyl (C=O) groups is 5. The molecule has 3 aromatic heterocycles. The number of fused-ring (bicyclic) bond motifs is 2. The van der Waals surface area contributed by atoms with Crippen LogP contribution in [0.2, 0.25) is 0 Å². The summed E-state index contributed by atoms with van der Waals surface area (Å²) in [5.74, 6) is -2.03. The average Bonchev–Trinajstić information content (AvgIpc) is 3.76. The lowest BCUT2D eigenvalue weighted by Crippen LogP contribution is -2.71. The SMILES string of the molecule is [B]P(C)OC(=O)C1=C(C[n+]2cccc3c2ncn3CC(COC)NC(=O)OC(C)(C)C)CSC2C(NC(=O)/C(=N\OCC)c3nsc(NC(=O)OC(C)(C)C)n3)C(=O)N12. The number of β-lactam (4-membered cyclic amide) rings is 1. The zero-order chi connectivity index (χ0) is 43.2. The number of alkyl carbamates (subject to hydrolysis) is 1. The predicted molar refractivity (Wildman–Crippen MR) is 220 cm³/mol. The molecule has 4 unspecified atom stereocenters. The van der Waals surface area contributed by atoms with Gasteiger partial charge in [-0.2, -0.15) is 9.36 Å². The molecule has 20 nitrogen and oxygen atoms in total. The second-order valence-electron chi connectivity index (χ2n) is 15.2. The van der Waals surface area contributed by atoms with Crippen molar-refractivity contribution in [3.05, 3.63) is 41.8 Å². The second kappa shape index (κ2) is 19.0. The smallest absolute Gasteiger partial charge is 0.414 e. The monoisotopic (exact) mass is 873 g/mol. The number of aromatic nitrogens is 5. The van der Waals surface area contributed by atoms with Gasteiger partial charge < -0.3 is 38.8 Å². The van der Waals surface area contributed by atoms with Gasteiger partial charge in [0.2, 0.25) is 23.0 Å². The molecular weight excluding hydrogens is 826 g/mol. The number of rotatable bonds is 15. The Balaban J connectivity index is 1.36. The number of imidazole rings is 1. The molecule has 3 N–H and O–H groups in total. The Hall–Kier alpha value is -4.86. The Kier molecular flexibility index (Phi) is 14.6. The van der Waals surface area contributed by atoms with E-state index in [0.717, 1.165) is 17.0 Å². The molecule has 24 heteroatoms. The molecule has 0 aliphatic carbocycles. The number of nitrogens with one attached hydrogen (secondary N) is 3. The van der Waals surface area contributed by atoms with E-state index in [1.807, 2.05) is 21.3 Å². The van der Waals surface area contributed by atoms with Crippen molar-refractivity contribution in [3.8, 4) is 0 Å². The van der Waals surface area contributed by atoms with Crippen LogP contribution in [0, 0.1) is 0 Å². The fraction of sp³-hybridized carbons (Fsp3) is 0.543. The number of hydrogen-bond donors (Lipinski definition) is 3. The van der Waals surface area contributed by atoms with Gasteiger partial charge in [0, 0.05) is 44.5 Å². The van der Waals surface area contributed by atoms with Crippen LogP contribution < -0.4 is 20.5 Å². The van der Waals surface area contributed by atoms with Crippen molar-refractivity contribution < 1.29 is 52.1 Å². The maximum Gasteiger partial charge on any atom is 0.414 e. The Morgan fingerprint density at radius 3 is 2.51 bits per heavy atom. The van der Waals surface area contributed by atoms with E-state index in [1.54, 1.807) is 67.7 Å². The molecule has 5 heterocycles. The standard InChI is InChI=1S/C35H46BN10O10PS2/c1-10-53-42-22(25-40-31(59-43-25)41-33(51)55-35(5,6)7)27(47)39-23-28(48)46-24(30(49)56-57(9)36)19(17-58-29(23)46)14-44-13-11-12-21-26(44)37-18-45(21)15-20(16-52-8)38-32(50)54-34(2,3)4/h11-13,18,20,23,29H,10,14-17H2,1-9H3,(H2-,38,39,40,41,43,47,50,51)/p+1/b42-22-. The van der Waals surface area contributed by atoms with Crippen LogP contribution in [0.1, 0.15) is 54.3 Å². The highest BCUT2D eigenvalue weighted by molar-refractivity contribution is 8.00. The van der Waals surface area contributed by atoms with Crippen molar-refractivity contribution >= 4 is 90.9 Å². The van der Waals surface area contributed by atoms with Gasteiger partial charge in [0.1, 0.15) is 47.0 Å². The molecule has 2 aliphatic rings. The number of thioether (sulfide) groups is 1. The number of pyridine rings is 1. The fourth-order valence-corrected chi connectivity index (χ4v) is 8.10. The maximum atomic E-state index is 13.9. The summed E-state index contributed by atoms with van der Waals surface area (Å²) in [5.41, 5.74) is 0.134. The van der Waals surface area contributed by atoms with E-state index in [1.165, 1.54) is 23.8 Å². The molecule has 0 aromatic carbocycles. The molecule has 0 saturated carbocycles. The molecule has 5 rings (SSSR count). The van der Waals surface area contributed by atoms with Gasteiger partial charge >= 0.3 is 23.8 Å². The van der Waals surface area contributed by atoms with Crippen molar-refractivity contribution in [1.82, 2.24) is 34.4 Å². The number of amides is 4. The number of anilines is 1. The molecule has 1 saturated heterocycles. The lowest BCUT2D eigenvalue weighted by atomic mass is 10.0. The summed E-state index contributed by atoms with van der Waals surface area (Å²) in [7, 11) is 5.81. The third-order valence-electron chi connectivity index (χ3n) is 8.02. The van der Waals surface area contributed by atoms with Gasteiger partial charge in [0.25, 0.3) is 11.8 Å². The van der Waals surface area contributed by atoms with Crippen LogP contribution in [0.15, 0.2) is 41.1 Å². The molecule has 0 bridgehead atoms. The number of nitrogens with zero attached hydrogens (tertiary/aromatic N) is 7. The molecule has 2 radical (unpaired) electrons. The average molecular weight is 874 g/mol. The lowest BCUT2D eigenvalue weighted by molar-refractivity contribution is -0.664. The Morgan fingerprint density at radius 2 is 1.85 bits per heavy atom. The highest BCUT2D eigenvalue weighted by Crippen LogP contribution is 2.42. The molecule has 2 aliphatic heterocycles. The summed E-state index contributed by atoms with van der Waals surface area (Å²) in [6.45, 7) is 14.5. The van der Waals surface area contributed by atoms with Crippen LogP contribution in [0.25, 0.3) is 11.2 Å². The van der Waals surface area contributed by atoms with Gasteiger partial charge in [0.05, 0.1) is 18.8 Å². The van der Waals surface area contributed by atoms with Crippen LogP contribution in [0.3, 0.4) is 0 Å². The van der Waals surface area contributed by atoms with E-state index >= 15 is 0 Å². The summed E-state index contributed by atoms with van der Waals surface area (Å²) in [6, 6.07) is 2.19. The van der Waals surface area contributed by atoms with Gasteiger partial charge in [-0.25, -0.2) is 19.0 Å². The van der Waals surface area contributed by atoms with E-state index in [-0.39, 0.29) is 47.9 Å². The summed E-state index contributed by atoms with van der Waals surface area (Å²) in [5, 5.41) is 11.3. The van der Waals surface area contributed by atoms with Gasteiger partial charge in [-0.15, -0.1) is 11.8 Å². The fourth-order valence-electron chi connectivity index (χ4n) is 5.86. The molecular formula is C35H47BN10O10PS2+. The van der Waals surface area contributed by atoms with Crippen molar-refractivity contribution in [2.75, 3.05) is 38.1 Å². The number of oxime groups is 1. The van der Waals surface area contributed by atoms with Crippen LogP contribution >= 0.6 is 31.3 Å². The van der Waals surface area contributed by atoms with Crippen LogP contribution in [0.4, 0.5) is 14.7 Å². The third-order valence-corrected chi connectivity index (χ3v) is 10.4. The zero-order valence-corrected chi connectivity index (χ0v) is 36.7. The molecule has 1 fully saturated rings. The first kappa shape index (κ1) is 45.2. The quantitative estimate of drug-likeness (QED) is 0.0498. The summed E-state index contributed by atoms with van der Waals surface area (Å²) in [4.78, 5) is 81.3. The normalized spacial score (nSPS) is 18.0. The van der Waals surface area contributed by atoms with Crippen molar-refractivity contribution in [2.45, 2.75) is 90.2 Å². The van der Waals surface area contributed by atoms with Crippen LogP contribution in [-0.4, -0.2) is 128 Å².